The van der Waals surface area contributed by atoms with Crippen LogP contribution in [0.3, 0.4) is 0 Å². The number of unbranched alkanes of at least 4 members (excludes halogenated alkanes) is 3. The minimum atomic E-state index is -0.242. The largest absolute Gasteiger partial charge is 0.496 e. The number of piperazine rings is 1. The topological polar surface area (TPSA) is 101 Å². The van der Waals surface area contributed by atoms with E-state index in [2.05, 4.69) is 17.2 Å². The van der Waals surface area contributed by atoms with Gasteiger partial charge in [-0.25, -0.2) is 4.98 Å². The molecule has 0 spiro atoms. The first kappa shape index (κ1) is 31.4. The molecule has 1 fully saturated rings. The smallest absolute Gasteiger partial charge is 0.257 e. The number of benzene rings is 2. The number of aryl methyl sites for hydroxylation is 1. The van der Waals surface area contributed by atoms with E-state index in [1.165, 1.54) is 35.9 Å². The molecule has 1 aliphatic rings. The average Bonchev–Trinajstić information content (AvgIpc) is 3.44. The summed E-state index contributed by atoms with van der Waals surface area (Å²) in [5.74, 6) is 0.920. The molecule has 2 aromatic carbocycles. The highest BCUT2D eigenvalue weighted by Crippen LogP contribution is 2.38. The van der Waals surface area contributed by atoms with Crippen LogP contribution in [0.5, 0.6) is 11.5 Å². The molecule has 0 atom stereocenters. The maximum absolute atomic E-state index is 13.4. The number of amides is 3. The van der Waals surface area contributed by atoms with Gasteiger partial charge in [0.15, 0.2) is 5.13 Å². The quantitative estimate of drug-likeness (QED) is 0.246. The Morgan fingerprint density at radius 2 is 1.74 bits per heavy atom. The van der Waals surface area contributed by atoms with Gasteiger partial charge in [-0.3, -0.25) is 19.7 Å². The van der Waals surface area contributed by atoms with Gasteiger partial charge in [0.25, 0.3) is 11.8 Å². The second-order valence-corrected chi connectivity index (χ2v) is 12.5. The summed E-state index contributed by atoms with van der Waals surface area (Å²) in [7, 11) is 1.55. The van der Waals surface area contributed by atoms with Gasteiger partial charge in [-0.2, -0.15) is 0 Å². The number of hydrogen-bond donors (Lipinski definition) is 1. The lowest BCUT2D eigenvalue weighted by atomic mass is 10.1. The van der Waals surface area contributed by atoms with Gasteiger partial charge in [0.2, 0.25) is 5.91 Å². The third kappa shape index (κ3) is 8.25. The number of methoxy groups -OCH3 is 1. The fraction of sp³-hybridized carbons (Fsp3) is 0.419. The molecule has 224 valence electrons. The molecule has 1 aliphatic heterocycles. The standard InChI is InChI=1S/C31H38N4O5S2/c1-5-6-7-8-17-40-24-11-9-23(10-12-24)29(37)33-31-32-20-28(42-31)41-27-19-25(26(39-4)18-21(27)2)30(38)35-15-13-34(14-16-35)22(3)36/h9-12,18-20H,5-8,13-17H2,1-4H3,(H,32,33,37). The van der Waals surface area contributed by atoms with Gasteiger partial charge in [0, 0.05) is 43.6 Å². The molecule has 3 aromatic rings. The summed E-state index contributed by atoms with van der Waals surface area (Å²) in [5, 5.41) is 3.36. The van der Waals surface area contributed by atoms with Crippen LogP contribution in [0.4, 0.5) is 5.13 Å². The van der Waals surface area contributed by atoms with Crippen molar-refractivity contribution in [2.45, 2.75) is 55.6 Å². The zero-order valence-corrected chi connectivity index (χ0v) is 26.2. The highest BCUT2D eigenvalue weighted by Gasteiger charge is 2.26. The molecule has 1 saturated heterocycles. The molecule has 1 aromatic heterocycles. The van der Waals surface area contributed by atoms with Crippen molar-refractivity contribution < 1.29 is 23.9 Å². The zero-order chi connectivity index (χ0) is 30.1. The summed E-state index contributed by atoms with van der Waals surface area (Å²) in [4.78, 5) is 46.7. The number of carbonyl (C=O) groups is 3. The number of nitrogens with one attached hydrogen (secondary N) is 1. The van der Waals surface area contributed by atoms with Gasteiger partial charge in [-0.1, -0.05) is 49.3 Å². The van der Waals surface area contributed by atoms with Crippen molar-refractivity contribution in [3.8, 4) is 11.5 Å². The summed E-state index contributed by atoms with van der Waals surface area (Å²) in [6, 6.07) is 10.8. The first-order chi connectivity index (χ1) is 20.3. The molecule has 11 heteroatoms. The van der Waals surface area contributed by atoms with Crippen LogP contribution in [0.2, 0.25) is 0 Å². The van der Waals surface area contributed by atoms with Crippen LogP contribution in [-0.4, -0.2) is 72.4 Å². The lowest BCUT2D eigenvalue weighted by molar-refractivity contribution is -0.130. The number of rotatable bonds is 12. The van der Waals surface area contributed by atoms with Crippen LogP contribution in [0, 0.1) is 6.92 Å². The Hall–Kier alpha value is -3.57. The molecule has 9 nitrogen and oxygen atoms in total. The van der Waals surface area contributed by atoms with Crippen molar-refractivity contribution >= 4 is 46.0 Å². The molecule has 0 aliphatic carbocycles. The average molecular weight is 611 g/mol. The Morgan fingerprint density at radius 3 is 2.40 bits per heavy atom. The Bertz CT molecular complexity index is 1380. The van der Waals surface area contributed by atoms with Crippen molar-refractivity contribution in [1.82, 2.24) is 14.8 Å². The van der Waals surface area contributed by atoms with E-state index in [-0.39, 0.29) is 17.7 Å². The molecule has 42 heavy (non-hydrogen) atoms. The van der Waals surface area contributed by atoms with Crippen LogP contribution >= 0.6 is 23.1 Å². The molecular weight excluding hydrogens is 572 g/mol. The number of carbonyl (C=O) groups excluding carboxylic acids is 3. The van der Waals surface area contributed by atoms with Gasteiger partial charge < -0.3 is 19.3 Å². The summed E-state index contributed by atoms with van der Waals surface area (Å²) in [5.41, 5.74) is 1.96. The van der Waals surface area contributed by atoms with Crippen LogP contribution in [0.25, 0.3) is 0 Å². The Kier molecular flexibility index (Phi) is 11.2. The maximum atomic E-state index is 13.4. The monoisotopic (exact) mass is 610 g/mol. The third-order valence-corrected chi connectivity index (χ3v) is 9.21. The first-order valence-corrected chi connectivity index (χ1v) is 15.8. The molecule has 3 amide bonds. The highest BCUT2D eigenvalue weighted by molar-refractivity contribution is 8.01. The molecule has 0 unspecified atom stereocenters. The van der Waals surface area contributed by atoms with E-state index in [0.717, 1.165) is 33.3 Å². The second-order valence-electron chi connectivity index (χ2n) is 10.1. The summed E-state index contributed by atoms with van der Waals surface area (Å²) >= 11 is 2.85. The lowest BCUT2D eigenvalue weighted by Crippen LogP contribution is -2.50. The van der Waals surface area contributed by atoms with Crippen molar-refractivity contribution in [2.24, 2.45) is 0 Å². The Labute approximate surface area is 255 Å². The predicted octanol–water partition coefficient (Wildman–Crippen LogP) is 6.13. The second kappa shape index (κ2) is 15.1. The molecule has 0 radical (unpaired) electrons. The minimum absolute atomic E-state index is 0.0184. The van der Waals surface area contributed by atoms with Crippen LogP contribution in [0.1, 0.15) is 65.8 Å². The fourth-order valence-electron chi connectivity index (χ4n) is 4.57. The number of aromatic nitrogens is 1. The fourth-order valence-corrected chi connectivity index (χ4v) is 6.50. The predicted molar refractivity (Wildman–Crippen MR) is 166 cm³/mol. The Balaban J connectivity index is 1.37. The normalized spacial score (nSPS) is 13.1. The maximum Gasteiger partial charge on any atom is 0.257 e. The van der Waals surface area contributed by atoms with Gasteiger partial charge in [-0.15, -0.1) is 0 Å². The van der Waals surface area contributed by atoms with E-state index in [0.29, 0.717) is 54.8 Å². The van der Waals surface area contributed by atoms with Crippen LogP contribution in [0.15, 0.2) is 51.7 Å². The van der Waals surface area contributed by atoms with E-state index in [1.807, 2.05) is 31.2 Å². The Morgan fingerprint density at radius 1 is 1.02 bits per heavy atom. The summed E-state index contributed by atoms with van der Waals surface area (Å²) < 4.78 is 12.2. The van der Waals surface area contributed by atoms with E-state index in [1.54, 1.807) is 42.2 Å². The number of ether oxygens (including phenoxy) is 2. The summed E-state index contributed by atoms with van der Waals surface area (Å²) in [6.45, 7) is 8.35. The molecule has 1 N–H and O–H groups in total. The van der Waals surface area contributed by atoms with Crippen molar-refractivity contribution in [1.29, 1.82) is 0 Å². The summed E-state index contributed by atoms with van der Waals surface area (Å²) in [6.07, 6.45) is 6.29. The van der Waals surface area contributed by atoms with Gasteiger partial charge in [-0.05, 0) is 55.3 Å². The molecule has 0 saturated carbocycles. The number of anilines is 1. The number of hydrogen-bond acceptors (Lipinski definition) is 8. The van der Waals surface area contributed by atoms with E-state index >= 15 is 0 Å². The molecular formula is C31H38N4O5S2. The van der Waals surface area contributed by atoms with E-state index in [9.17, 15) is 14.4 Å². The molecule has 4 rings (SSSR count). The minimum Gasteiger partial charge on any atom is -0.496 e. The highest BCUT2D eigenvalue weighted by atomic mass is 32.2. The van der Waals surface area contributed by atoms with Gasteiger partial charge in [0.05, 0.1) is 29.7 Å². The number of nitrogens with zero attached hydrogens (tertiary/aromatic N) is 3. The zero-order valence-electron chi connectivity index (χ0n) is 24.6. The van der Waals surface area contributed by atoms with Crippen molar-refractivity contribution in [3.05, 3.63) is 59.3 Å². The lowest BCUT2D eigenvalue weighted by Gasteiger charge is -2.34. The van der Waals surface area contributed by atoms with Gasteiger partial charge >= 0.3 is 0 Å². The van der Waals surface area contributed by atoms with E-state index in [4.69, 9.17) is 9.47 Å². The van der Waals surface area contributed by atoms with Crippen molar-refractivity contribution in [3.63, 3.8) is 0 Å². The number of thiazole rings is 1. The first-order valence-electron chi connectivity index (χ1n) is 14.2. The van der Waals surface area contributed by atoms with Crippen LogP contribution in [-0.2, 0) is 4.79 Å². The van der Waals surface area contributed by atoms with Gasteiger partial charge in [0.1, 0.15) is 11.5 Å². The molecule has 0 bridgehead atoms. The SMILES string of the molecule is CCCCCCOc1ccc(C(=O)Nc2ncc(Sc3cc(C(=O)N4CCN(C(C)=O)CC4)c(OC)cc3C)s2)cc1. The third-order valence-electron chi connectivity index (χ3n) is 7.04. The van der Waals surface area contributed by atoms with E-state index < -0.39 is 0 Å². The van der Waals surface area contributed by atoms with Crippen LogP contribution < -0.4 is 14.8 Å². The van der Waals surface area contributed by atoms with Crippen molar-refractivity contribution in [2.75, 3.05) is 45.2 Å². The molecule has 2 heterocycles.